The zero-order valence-corrected chi connectivity index (χ0v) is 18.9. The minimum absolute atomic E-state index is 0.0269. The van der Waals surface area contributed by atoms with Crippen LogP contribution in [-0.2, 0) is 23.8 Å². The summed E-state index contributed by atoms with van der Waals surface area (Å²) in [5.74, 6) is -1.05. The molecule has 0 saturated heterocycles. The molecule has 0 unspecified atom stereocenters. The van der Waals surface area contributed by atoms with Crippen LogP contribution in [0.25, 0.3) is 22.8 Å². The van der Waals surface area contributed by atoms with Gasteiger partial charge in [0.25, 0.3) is 0 Å². The van der Waals surface area contributed by atoms with Crippen molar-refractivity contribution in [2.24, 2.45) is 0 Å². The first-order valence-electron chi connectivity index (χ1n) is 11.3. The first-order valence-corrected chi connectivity index (χ1v) is 11.3. The molecule has 3 aromatic carbocycles. The van der Waals surface area contributed by atoms with Crippen molar-refractivity contribution in [3.8, 4) is 11.1 Å². The third kappa shape index (κ3) is 5.05. The summed E-state index contributed by atoms with van der Waals surface area (Å²) in [5.41, 5.74) is 4.69. The number of fused-ring (bicyclic) bond motifs is 1. The molecule has 0 bridgehead atoms. The Labute approximate surface area is 205 Å². The van der Waals surface area contributed by atoms with Crippen LogP contribution < -0.4 is 5.32 Å². The molecule has 0 radical (unpaired) electrons. The normalized spacial score (nSPS) is 12.7. The summed E-state index contributed by atoms with van der Waals surface area (Å²) in [6, 6.07) is 20.8. The molecule has 1 heterocycles. The van der Waals surface area contributed by atoms with Crippen LogP contribution in [0.4, 0.5) is 23.2 Å². The Morgan fingerprint density at radius 1 is 0.917 bits per heavy atom. The number of amides is 1. The van der Waals surface area contributed by atoms with Gasteiger partial charge in [-0.1, -0.05) is 48.5 Å². The molecule has 180 valence electrons. The molecule has 3 nitrogen and oxygen atoms in total. The van der Waals surface area contributed by atoms with Crippen LogP contribution in [0, 0.1) is 5.82 Å². The van der Waals surface area contributed by atoms with E-state index in [4.69, 9.17) is 0 Å². The van der Waals surface area contributed by atoms with Gasteiger partial charge in [0.05, 0.1) is 17.7 Å². The monoisotopic (exact) mass is 488 g/mol. The molecule has 4 aromatic rings. The summed E-state index contributed by atoms with van der Waals surface area (Å²) in [5, 5.41) is 2.44. The molecule has 0 spiro atoms. The molecule has 0 saturated carbocycles. The molecular weight excluding hydrogens is 468 g/mol. The van der Waals surface area contributed by atoms with Crippen molar-refractivity contribution in [2.75, 3.05) is 5.32 Å². The van der Waals surface area contributed by atoms with Crippen LogP contribution in [-0.4, -0.2) is 10.9 Å². The number of allylic oxidation sites excluding steroid dienone is 1. The van der Waals surface area contributed by atoms with Gasteiger partial charge in [0, 0.05) is 29.4 Å². The van der Waals surface area contributed by atoms with E-state index in [0.717, 1.165) is 34.5 Å². The summed E-state index contributed by atoms with van der Waals surface area (Å²) in [6.07, 6.45) is -0.281. The van der Waals surface area contributed by atoms with Crippen LogP contribution >= 0.6 is 0 Å². The summed E-state index contributed by atoms with van der Waals surface area (Å²) in [7, 11) is 0. The van der Waals surface area contributed by atoms with Crippen molar-refractivity contribution in [3.05, 3.63) is 119 Å². The lowest BCUT2D eigenvalue weighted by atomic mass is 10.0. The van der Waals surface area contributed by atoms with Gasteiger partial charge in [-0.2, -0.15) is 13.2 Å². The van der Waals surface area contributed by atoms with Crippen LogP contribution in [0.5, 0.6) is 0 Å². The highest BCUT2D eigenvalue weighted by molar-refractivity contribution is 5.92. The smallest absolute Gasteiger partial charge is 0.326 e. The third-order valence-corrected chi connectivity index (χ3v) is 6.02. The van der Waals surface area contributed by atoms with Crippen molar-refractivity contribution in [2.45, 2.75) is 19.0 Å². The molecule has 1 aliphatic rings. The fourth-order valence-electron chi connectivity index (χ4n) is 4.25. The molecule has 1 N–H and O–H groups in total. The quantitative estimate of drug-likeness (QED) is 0.302. The first-order chi connectivity index (χ1) is 17.3. The number of hydrogen-bond acceptors (Lipinski definition) is 2. The predicted octanol–water partition coefficient (Wildman–Crippen LogP) is 7.18. The number of alkyl halides is 3. The lowest BCUT2D eigenvalue weighted by Gasteiger charge is -2.11. The van der Waals surface area contributed by atoms with Crippen molar-refractivity contribution in [3.63, 3.8) is 0 Å². The van der Waals surface area contributed by atoms with Crippen molar-refractivity contribution < 1.29 is 22.4 Å². The lowest BCUT2D eigenvalue weighted by molar-refractivity contribution is -0.137. The van der Waals surface area contributed by atoms with E-state index in [0.29, 0.717) is 23.1 Å². The fraction of sp³-hybridized carbons (Fsp3) is 0.103. The number of carbonyl (C=O) groups excluding carboxylic acids is 1. The molecule has 0 aliphatic heterocycles. The minimum Gasteiger partial charge on any atom is -0.326 e. The Morgan fingerprint density at radius 2 is 1.72 bits per heavy atom. The molecule has 5 rings (SSSR count). The number of pyridine rings is 1. The van der Waals surface area contributed by atoms with Gasteiger partial charge in [-0.15, -0.1) is 0 Å². The Bertz CT molecular complexity index is 1480. The van der Waals surface area contributed by atoms with Gasteiger partial charge in [0.2, 0.25) is 5.91 Å². The van der Waals surface area contributed by atoms with Gasteiger partial charge >= 0.3 is 6.18 Å². The largest absolute Gasteiger partial charge is 0.416 e. The van der Waals surface area contributed by atoms with Crippen LogP contribution in [0.1, 0.15) is 27.9 Å². The van der Waals surface area contributed by atoms with E-state index in [1.54, 1.807) is 18.3 Å². The summed E-state index contributed by atoms with van der Waals surface area (Å²) in [6.45, 7) is 0. The van der Waals surface area contributed by atoms with Crippen LogP contribution in [0.2, 0.25) is 0 Å². The number of aromatic nitrogens is 1. The number of halogens is 4. The maximum atomic E-state index is 15.0. The number of anilines is 1. The Kier molecular flexibility index (Phi) is 6.14. The van der Waals surface area contributed by atoms with Crippen molar-refractivity contribution >= 4 is 23.2 Å². The van der Waals surface area contributed by atoms with E-state index >= 15 is 0 Å². The second kappa shape index (κ2) is 9.41. The van der Waals surface area contributed by atoms with Crippen molar-refractivity contribution in [1.82, 2.24) is 4.98 Å². The molecule has 1 aromatic heterocycles. The number of hydrogen-bond donors (Lipinski definition) is 1. The highest BCUT2D eigenvalue weighted by Crippen LogP contribution is 2.34. The van der Waals surface area contributed by atoms with E-state index < -0.39 is 23.5 Å². The minimum atomic E-state index is -4.51. The standard InChI is InChI=1S/C29H20F4N2O/c30-26-11-18(12-28(36)35-24-8-4-7-23(16-24)29(31,32)33)9-10-25(26)22-14-21-13-20(15-27(21)34-17-22)19-5-2-1-3-6-19/h1-11,13-14,16-17H,12,15H2,(H,35,36). The Hall–Kier alpha value is -4.26. The highest BCUT2D eigenvalue weighted by atomic mass is 19.4. The number of rotatable bonds is 5. The van der Waals surface area contributed by atoms with Gasteiger partial charge in [0.15, 0.2) is 0 Å². The van der Waals surface area contributed by atoms with Gasteiger partial charge in [-0.25, -0.2) is 4.39 Å². The number of nitrogens with zero attached hydrogens (tertiary/aromatic N) is 1. The van der Waals surface area contributed by atoms with Gasteiger partial charge < -0.3 is 5.32 Å². The molecular formula is C29H20F4N2O. The van der Waals surface area contributed by atoms with Gasteiger partial charge in [-0.05, 0) is 58.7 Å². The van der Waals surface area contributed by atoms with Crippen molar-refractivity contribution in [1.29, 1.82) is 0 Å². The molecule has 1 amide bonds. The predicted molar refractivity (Wildman–Crippen MR) is 131 cm³/mol. The van der Waals surface area contributed by atoms with Gasteiger partial charge in [0.1, 0.15) is 5.82 Å². The summed E-state index contributed by atoms with van der Waals surface area (Å²) < 4.78 is 53.6. The van der Waals surface area contributed by atoms with Crippen LogP contribution in [0.3, 0.4) is 0 Å². The maximum Gasteiger partial charge on any atom is 0.416 e. The maximum absolute atomic E-state index is 15.0. The number of carbonyl (C=O) groups is 1. The SMILES string of the molecule is O=C(Cc1ccc(-c2cnc3c(c2)C=C(c2ccccc2)C3)c(F)c1)Nc1cccc(C(F)(F)F)c1. The number of nitrogens with one attached hydrogen (secondary N) is 1. The van der Waals surface area contributed by atoms with E-state index in [1.165, 1.54) is 18.2 Å². The highest BCUT2D eigenvalue weighted by Gasteiger charge is 2.30. The molecule has 36 heavy (non-hydrogen) atoms. The Morgan fingerprint density at radius 3 is 2.47 bits per heavy atom. The van der Waals surface area contributed by atoms with E-state index in [9.17, 15) is 22.4 Å². The first kappa shape index (κ1) is 23.5. The topological polar surface area (TPSA) is 42.0 Å². The molecule has 7 heteroatoms. The van der Waals surface area contributed by atoms with Gasteiger partial charge in [-0.3, -0.25) is 9.78 Å². The summed E-state index contributed by atoms with van der Waals surface area (Å²) >= 11 is 0. The van der Waals surface area contributed by atoms with E-state index in [2.05, 4.69) is 16.4 Å². The average Bonchev–Trinajstić information content (AvgIpc) is 3.28. The lowest BCUT2D eigenvalue weighted by Crippen LogP contribution is -2.15. The molecule has 1 aliphatic carbocycles. The van der Waals surface area contributed by atoms with Crippen LogP contribution in [0.15, 0.2) is 85.1 Å². The molecule has 0 fully saturated rings. The fourth-order valence-corrected chi connectivity index (χ4v) is 4.25. The van der Waals surface area contributed by atoms with E-state index in [-0.39, 0.29) is 12.1 Å². The second-order valence-electron chi connectivity index (χ2n) is 8.59. The second-order valence-corrected chi connectivity index (χ2v) is 8.59. The third-order valence-electron chi connectivity index (χ3n) is 6.02. The number of benzene rings is 3. The Balaban J connectivity index is 1.30. The zero-order chi connectivity index (χ0) is 25.3. The summed E-state index contributed by atoms with van der Waals surface area (Å²) in [4.78, 5) is 16.9. The average molecular weight is 488 g/mol. The molecule has 0 atom stereocenters. The zero-order valence-electron chi connectivity index (χ0n) is 18.9. The van der Waals surface area contributed by atoms with E-state index in [1.807, 2.05) is 36.4 Å².